The zero-order valence-electron chi connectivity index (χ0n) is 9.93. The van der Waals surface area contributed by atoms with E-state index in [-0.39, 0.29) is 17.4 Å². The summed E-state index contributed by atoms with van der Waals surface area (Å²) in [7, 11) is 0. The lowest BCUT2D eigenvalue weighted by atomic mass is 9.90. The number of carbonyl (C=O) groups excluding carboxylic acids is 2. The topological polar surface area (TPSA) is 46.2 Å². The SMILES string of the molecule is CC(C)(C)CC(=O)NC1CCC(=O)CC1. The van der Waals surface area contributed by atoms with E-state index in [1.165, 1.54) is 0 Å². The van der Waals surface area contributed by atoms with Crippen LogP contribution in [0.15, 0.2) is 0 Å². The Kier molecular flexibility index (Phi) is 3.89. The lowest BCUT2D eigenvalue weighted by Gasteiger charge is -2.24. The Morgan fingerprint density at radius 3 is 2.33 bits per heavy atom. The molecule has 0 atom stereocenters. The monoisotopic (exact) mass is 211 g/mol. The smallest absolute Gasteiger partial charge is 0.220 e. The Hall–Kier alpha value is -0.860. The van der Waals surface area contributed by atoms with Gasteiger partial charge in [0, 0.05) is 25.3 Å². The van der Waals surface area contributed by atoms with E-state index in [9.17, 15) is 9.59 Å². The zero-order valence-corrected chi connectivity index (χ0v) is 9.93. The molecular weight excluding hydrogens is 190 g/mol. The number of ketones is 1. The quantitative estimate of drug-likeness (QED) is 0.760. The molecule has 1 rings (SSSR count). The molecule has 3 nitrogen and oxygen atoms in total. The average Bonchev–Trinajstić information content (AvgIpc) is 2.05. The Bertz CT molecular complexity index is 243. The first-order valence-corrected chi connectivity index (χ1v) is 5.68. The van der Waals surface area contributed by atoms with Crippen molar-refractivity contribution >= 4 is 11.7 Å². The van der Waals surface area contributed by atoms with Crippen molar-refractivity contribution in [3.05, 3.63) is 0 Å². The maximum Gasteiger partial charge on any atom is 0.220 e. The van der Waals surface area contributed by atoms with Crippen LogP contribution in [0.1, 0.15) is 52.9 Å². The van der Waals surface area contributed by atoms with Crippen molar-refractivity contribution in [1.82, 2.24) is 5.32 Å². The molecule has 86 valence electrons. The largest absolute Gasteiger partial charge is 0.353 e. The number of hydrogen-bond donors (Lipinski definition) is 1. The summed E-state index contributed by atoms with van der Waals surface area (Å²) in [4.78, 5) is 22.6. The average molecular weight is 211 g/mol. The van der Waals surface area contributed by atoms with Crippen molar-refractivity contribution in [2.45, 2.75) is 58.9 Å². The lowest BCUT2D eigenvalue weighted by molar-refractivity contribution is -0.125. The molecule has 0 radical (unpaired) electrons. The van der Waals surface area contributed by atoms with Crippen LogP contribution in [0, 0.1) is 5.41 Å². The minimum Gasteiger partial charge on any atom is -0.353 e. The molecule has 1 fully saturated rings. The highest BCUT2D eigenvalue weighted by Gasteiger charge is 2.22. The van der Waals surface area contributed by atoms with Crippen LogP contribution in [0.25, 0.3) is 0 Å². The number of rotatable bonds is 2. The third kappa shape index (κ3) is 4.96. The van der Waals surface area contributed by atoms with E-state index < -0.39 is 0 Å². The molecule has 1 N–H and O–H groups in total. The highest BCUT2D eigenvalue weighted by atomic mass is 16.1. The third-order valence-electron chi connectivity index (χ3n) is 2.60. The molecule has 1 aliphatic carbocycles. The van der Waals surface area contributed by atoms with Crippen LogP contribution in [0.5, 0.6) is 0 Å². The van der Waals surface area contributed by atoms with E-state index in [4.69, 9.17) is 0 Å². The van der Waals surface area contributed by atoms with Gasteiger partial charge in [-0.2, -0.15) is 0 Å². The van der Waals surface area contributed by atoms with E-state index in [1.807, 2.05) is 0 Å². The summed E-state index contributed by atoms with van der Waals surface area (Å²) in [5.74, 6) is 0.443. The van der Waals surface area contributed by atoms with E-state index >= 15 is 0 Å². The van der Waals surface area contributed by atoms with Gasteiger partial charge in [0.2, 0.25) is 5.91 Å². The normalized spacial score (nSPS) is 19.0. The molecule has 0 unspecified atom stereocenters. The fraction of sp³-hybridized carbons (Fsp3) is 0.833. The maximum atomic E-state index is 11.6. The summed E-state index contributed by atoms with van der Waals surface area (Å²) < 4.78 is 0. The van der Waals surface area contributed by atoms with Crippen molar-refractivity contribution in [2.24, 2.45) is 5.41 Å². The molecule has 0 aromatic carbocycles. The Morgan fingerprint density at radius 2 is 1.87 bits per heavy atom. The van der Waals surface area contributed by atoms with Gasteiger partial charge in [-0.1, -0.05) is 20.8 Å². The molecule has 0 heterocycles. The highest BCUT2D eigenvalue weighted by molar-refractivity contribution is 5.80. The van der Waals surface area contributed by atoms with Crippen molar-refractivity contribution in [2.75, 3.05) is 0 Å². The number of nitrogens with one attached hydrogen (secondary N) is 1. The second kappa shape index (κ2) is 4.77. The zero-order chi connectivity index (χ0) is 11.5. The van der Waals surface area contributed by atoms with Crippen LogP contribution in [0.3, 0.4) is 0 Å². The molecule has 0 aromatic rings. The third-order valence-corrected chi connectivity index (χ3v) is 2.60. The molecule has 0 saturated heterocycles. The van der Waals surface area contributed by atoms with Gasteiger partial charge in [-0.3, -0.25) is 9.59 Å². The van der Waals surface area contributed by atoms with Crippen molar-refractivity contribution in [3.63, 3.8) is 0 Å². The molecule has 0 bridgehead atoms. The lowest BCUT2D eigenvalue weighted by Crippen LogP contribution is -2.39. The summed E-state index contributed by atoms with van der Waals surface area (Å²) in [5, 5.41) is 3.00. The molecule has 0 spiro atoms. The Balaban J connectivity index is 2.29. The second-order valence-electron chi connectivity index (χ2n) is 5.62. The van der Waals surface area contributed by atoms with Gasteiger partial charge in [-0.05, 0) is 18.3 Å². The Labute approximate surface area is 91.6 Å². The molecule has 0 aromatic heterocycles. The predicted molar refractivity (Wildman–Crippen MR) is 59.5 cm³/mol. The molecule has 1 amide bonds. The van der Waals surface area contributed by atoms with Crippen LogP contribution in [0.2, 0.25) is 0 Å². The number of amides is 1. The number of carbonyl (C=O) groups is 2. The second-order valence-corrected chi connectivity index (χ2v) is 5.62. The van der Waals surface area contributed by atoms with E-state index in [2.05, 4.69) is 26.1 Å². The maximum absolute atomic E-state index is 11.6. The van der Waals surface area contributed by atoms with Crippen molar-refractivity contribution in [1.29, 1.82) is 0 Å². The van der Waals surface area contributed by atoms with Crippen LogP contribution in [-0.4, -0.2) is 17.7 Å². The summed E-state index contributed by atoms with van der Waals surface area (Å²) in [6, 6.07) is 0.220. The first kappa shape index (κ1) is 12.2. The first-order valence-electron chi connectivity index (χ1n) is 5.68. The van der Waals surface area contributed by atoms with E-state index in [1.54, 1.807) is 0 Å². The minimum atomic E-state index is 0.0363. The van der Waals surface area contributed by atoms with Crippen molar-refractivity contribution < 1.29 is 9.59 Å². The van der Waals surface area contributed by atoms with Gasteiger partial charge in [0.15, 0.2) is 0 Å². The molecule has 1 saturated carbocycles. The van der Waals surface area contributed by atoms with Crippen LogP contribution in [-0.2, 0) is 9.59 Å². The summed E-state index contributed by atoms with van der Waals surface area (Å²) >= 11 is 0. The van der Waals surface area contributed by atoms with Crippen LogP contribution >= 0.6 is 0 Å². The summed E-state index contributed by atoms with van der Waals surface area (Å²) in [6.45, 7) is 6.16. The summed E-state index contributed by atoms with van der Waals surface area (Å²) in [6.07, 6.45) is 3.43. The molecule has 3 heteroatoms. The van der Waals surface area contributed by atoms with Gasteiger partial charge >= 0.3 is 0 Å². The summed E-state index contributed by atoms with van der Waals surface area (Å²) in [5.41, 5.74) is 0.0363. The van der Waals surface area contributed by atoms with Gasteiger partial charge in [0.05, 0.1) is 0 Å². The van der Waals surface area contributed by atoms with Crippen LogP contribution < -0.4 is 5.32 Å². The van der Waals surface area contributed by atoms with Crippen molar-refractivity contribution in [3.8, 4) is 0 Å². The molecule has 0 aliphatic heterocycles. The minimum absolute atomic E-state index is 0.0363. The van der Waals surface area contributed by atoms with Gasteiger partial charge in [0.1, 0.15) is 5.78 Å². The van der Waals surface area contributed by atoms with Crippen LogP contribution in [0.4, 0.5) is 0 Å². The van der Waals surface area contributed by atoms with Gasteiger partial charge in [-0.25, -0.2) is 0 Å². The van der Waals surface area contributed by atoms with E-state index in [0.717, 1.165) is 12.8 Å². The fourth-order valence-corrected chi connectivity index (χ4v) is 1.84. The molecule has 15 heavy (non-hydrogen) atoms. The van der Waals surface area contributed by atoms with Gasteiger partial charge < -0.3 is 5.32 Å². The number of hydrogen-bond acceptors (Lipinski definition) is 2. The Morgan fingerprint density at radius 1 is 1.33 bits per heavy atom. The predicted octanol–water partition coefficient (Wildman–Crippen LogP) is 2.05. The molecule has 1 aliphatic rings. The van der Waals surface area contributed by atoms with E-state index in [0.29, 0.717) is 25.0 Å². The highest BCUT2D eigenvalue weighted by Crippen LogP contribution is 2.19. The number of Topliss-reactive ketones (excluding diaryl/α,β-unsaturated/α-hetero) is 1. The fourth-order valence-electron chi connectivity index (χ4n) is 1.84. The standard InChI is InChI=1S/C12H21NO2/c1-12(2,3)8-11(15)13-9-4-6-10(14)7-5-9/h9H,4-8H2,1-3H3,(H,13,15). The molecular formula is C12H21NO2. The van der Waals surface area contributed by atoms with Gasteiger partial charge in [-0.15, -0.1) is 0 Å². The van der Waals surface area contributed by atoms with Gasteiger partial charge in [0.25, 0.3) is 0 Å². The first-order chi connectivity index (χ1) is 6.87.